The number of benzene rings is 3. The molecule has 0 saturated carbocycles. The first-order valence-corrected chi connectivity index (χ1v) is 12.2. The fourth-order valence-corrected chi connectivity index (χ4v) is 5.11. The molecule has 0 unspecified atom stereocenters. The van der Waals surface area contributed by atoms with Gasteiger partial charge in [-0.25, -0.2) is 0 Å². The van der Waals surface area contributed by atoms with Gasteiger partial charge < -0.3 is 19.5 Å². The van der Waals surface area contributed by atoms with Crippen molar-refractivity contribution < 1.29 is 19.4 Å². The highest BCUT2D eigenvalue weighted by atomic mass is 16.5. The number of aromatic hydroxyl groups is 1. The molecule has 1 fully saturated rings. The summed E-state index contributed by atoms with van der Waals surface area (Å²) in [5, 5.41) is 17.9. The van der Waals surface area contributed by atoms with Crippen LogP contribution in [-0.4, -0.2) is 45.4 Å². The van der Waals surface area contributed by atoms with Crippen molar-refractivity contribution in [3.8, 4) is 22.8 Å². The molecule has 2 aliphatic rings. The maximum atomic E-state index is 13.5. The van der Waals surface area contributed by atoms with Gasteiger partial charge >= 0.3 is 0 Å². The van der Waals surface area contributed by atoms with E-state index >= 15 is 0 Å². The molecule has 1 saturated heterocycles. The van der Waals surface area contributed by atoms with E-state index in [1.807, 2.05) is 71.6 Å². The lowest BCUT2D eigenvalue weighted by atomic mass is 9.95. The van der Waals surface area contributed by atoms with Gasteiger partial charge in [0.25, 0.3) is 5.91 Å². The number of H-pyrrole nitrogens is 1. The molecule has 4 aromatic rings. The van der Waals surface area contributed by atoms with E-state index in [1.54, 1.807) is 12.1 Å². The molecule has 182 valence electrons. The van der Waals surface area contributed by atoms with E-state index in [9.17, 15) is 9.90 Å². The van der Waals surface area contributed by atoms with Crippen LogP contribution in [-0.2, 0) is 11.3 Å². The normalized spacial score (nSPS) is 19.0. The predicted molar refractivity (Wildman–Crippen MR) is 135 cm³/mol. The van der Waals surface area contributed by atoms with Gasteiger partial charge in [-0.05, 0) is 48.2 Å². The average molecular weight is 482 g/mol. The lowest BCUT2D eigenvalue weighted by molar-refractivity contribution is 0.0495. The Bertz CT molecular complexity index is 1360. The van der Waals surface area contributed by atoms with Gasteiger partial charge in [0.2, 0.25) is 0 Å². The van der Waals surface area contributed by atoms with Crippen LogP contribution in [0.15, 0.2) is 78.9 Å². The van der Waals surface area contributed by atoms with Gasteiger partial charge in [0.1, 0.15) is 29.5 Å². The molecule has 0 bridgehead atoms. The Morgan fingerprint density at radius 2 is 1.81 bits per heavy atom. The highest BCUT2D eigenvalue weighted by molar-refractivity contribution is 6.00. The van der Waals surface area contributed by atoms with E-state index in [2.05, 4.69) is 10.2 Å². The number of fused-ring (bicyclic) bond motifs is 1. The van der Waals surface area contributed by atoms with E-state index in [0.29, 0.717) is 30.1 Å². The molecule has 6 rings (SSSR count). The molecule has 0 radical (unpaired) electrons. The van der Waals surface area contributed by atoms with Crippen LogP contribution < -0.4 is 4.74 Å². The summed E-state index contributed by atoms with van der Waals surface area (Å²) in [6.45, 7) is 1.70. The minimum Gasteiger partial charge on any atom is -0.507 e. The molecule has 1 aromatic heterocycles. The Morgan fingerprint density at radius 3 is 2.56 bits per heavy atom. The summed E-state index contributed by atoms with van der Waals surface area (Å²) >= 11 is 0. The van der Waals surface area contributed by atoms with Crippen LogP contribution in [0.1, 0.15) is 46.1 Å². The van der Waals surface area contributed by atoms with Crippen molar-refractivity contribution in [3.05, 3.63) is 101 Å². The Hall–Kier alpha value is -4.10. The molecule has 7 nitrogen and oxygen atoms in total. The molecule has 36 heavy (non-hydrogen) atoms. The number of phenols is 1. The third-order valence-corrected chi connectivity index (χ3v) is 6.89. The summed E-state index contributed by atoms with van der Waals surface area (Å²) in [5.74, 6) is 0.773. The van der Waals surface area contributed by atoms with E-state index in [4.69, 9.17) is 9.47 Å². The second-order valence-electron chi connectivity index (χ2n) is 9.22. The summed E-state index contributed by atoms with van der Waals surface area (Å²) in [6, 6.07) is 24.6. The second kappa shape index (κ2) is 9.51. The molecule has 3 aromatic carbocycles. The molecular formula is C29H27N3O4. The highest BCUT2D eigenvalue weighted by Crippen LogP contribution is 2.45. The maximum Gasteiger partial charge on any atom is 0.273 e. The Kier molecular flexibility index (Phi) is 5.91. The zero-order valence-corrected chi connectivity index (χ0v) is 19.8. The van der Waals surface area contributed by atoms with Crippen LogP contribution in [0.25, 0.3) is 11.3 Å². The molecule has 7 heteroatoms. The van der Waals surface area contributed by atoms with Crippen molar-refractivity contribution in [2.45, 2.75) is 31.6 Å². The van der Waals surface area contributed by atoms with Crippen molar-refractivity contribution in [3.63, 3.8) is 0 Å². The number of carbonyl (C=O) groups excluding carboxylic acids is 1. The number of aromatic amines is 1. The number of hydrogen-bond donors (Lipinski definition) is 2. The van der Waals surface area contributed by atoms with E-state index in [0.717, 1.165) is 41.9 Å². The maximum absolute atomic E-state index is 13.5. The molecular weight excluding hydrogens is 454 g/mol. The summed E-state index contributed by atoms with van der Waals surface area (Å²) in [4.78, 5) is 15.4. The summed E-state index contributed by atoms with van der Waals surface area (Å²) < 4.78 is 11.8. The first-order chi connectivity index (χ1) is 17.7. The number of rotatable bonds is 7. The predicted octanol–water partition coefficient (Wildman–Crippen LogP) is 5.09. The van der Waals surface area contributed by atoms with Gasteiger partial charge in [0.15, 0.2) is 0 Å². The number of nitrogens with zero attached hydrogens (tertiary/aromatic N) is 2. The second-order valence-corrected chi connectivity index (χ2v) is 9.22. The quantitative estimate of drug-likeness (QED) is 0.384. The van der Waals surface area contributed by atoms with Crippen LogP contribution in [0.5, 0.6) is 11.5 Å². The molecule has 1 amide bonds. The third kappa shape index (κ3) is 4.12. The molecule has 2 N–H and O–H groups in total. The Morgan fingerprint density at radius 1 is 1.03 bits per heavy atom. The smallest absolute Gasteiger partial charge is 0.273 e. The minimum absolute atomic E-state index is 0.00970. The van der Waals surface area contributed by atoms with Gasteiger partial charge in [-0.2, -0.15) is 5.10 Å². The van der Waals surface area contributed by atoms with Crippen molar-refractivity contribution in [2.24, 2.45) is 0 Å². The highest BCUT2D eigenvalue weighted by Gasteiger charge is 2.43. The largest absolute Gasteiger partial charge is 0.507 e. The lowest BCUT2D eigenvalue weighted by Gasteiger charge is -2.28. The minimum atomic E-state index is -0.353. The van der Waals surface area contributed by atoms with Crippen LogP contribution in [0.4, 0.5) is 0 Å². The SMILES string of the molecule is O=C1c2[nH]nc(-c3ccccc3O)c2[C@@H](c2ccc(OCc3ccccc3)cc2)N1C[C@H]1CCCO1. The number of phenolic OH excluding ortho intramolecular Hbond substituents is 1. The van der Waals surface area contributed by atoms with Crippen molar-refractivity contribution in [1.29, 1.82) is 0 Å². The van der Waals surface area contributed by atoms with Gasteiger partial charge in [-0.15, -0.1) is 0 Å². The standard InChI is InChI=1S/C29H27N3O4/c33-24-11-5-4-10-23(24)26-25-27(31-30-26)29(34)32(17-22-9-6-16-35-22)28(25)20-12-14-21(15-13-20)36-18-19-7-2-1-3-8-19/h1-5,7-8,10-15,22,28,33H,6,9,16-18H2,(H,30,31)/t22-,28-/m1/s1. The summed E-state index contributed by atoms with van der Waals surface area (Å²) in [7, 11) is 0. The van der Waals surface area contributed by atoms with Gasteiger partial charge in [0.05, 0.1) is 12.1 Å². The number of ether oxygens (including phenoxy) is 2. The lowest BCUT2D eigenvalue weighted by Crippen LogP contribution is -2.36. The number of para-hydroxylation sites is 1. The summed E-state index contributed by atoms with van der Waals surface area (Å²) in [6.07, 6.45) is 1.94. The number of aromatic nitrogens is 2. The molecule has 3 heterocycles. The number of nitrogens with one attached hydrogen (secondary N) is 1. The molecule has 0 spiro atoms. The van der Waals surface area contributed by atoms with E-state index < -0.39 is 0 Å². The number of hydrogen-bond acceptors (Lipinski definition) is 5. The molecule has 0 aliphatic carbocycles. The van der Waals surface area contributed by atoms with Gasteiger partial charge in [-0.1, -0.05) is 54.6 Å². The van der Waals surface area contributed by atoms with Crippen molar-refractivity contribution in [1.82, 2.24) is 15.1 Å². The molecule has 2 atom stereocenters. The first kappa shape index (κ1) is 22.4. The number of carbonyl (C=O) groups is 1. The van der Waals surface area contributed by atoms with E-state index in [1.165, 1.54) is 0 Å². The van der Waals surface area contributed by atoms with Gasteiger partial charge in [0, 0.05) is 24.3 Å². The Balaban J connectivity index is 1.34. The first-order valence-electron chi connectivity index (χ1n) is 12.2. The zero-order valence-electron chi connectivity index (χ0n) is 19.8. The zero-order chi connectivity index (χ0) is 24.5. The van der Waals surface area contributed by atoms with Crippen LogP contribution >= 0.6 is 0 Å². The fourth-order valence-electron chi connectivity index (χ4n) is 5.11. The topological polar surface area (TPSA) is 87.7 Å². The number of amides is 1. The van der Waals surface area contributed by atoms with Crippen molar-refractivity contribution >= 4 is 5.91 Å². The van der Waals surface area contributed by atoms with Crippen LogP contribution in [0, 0.1) is 0 Å². The van der Waals surface area contributed by atoms with Gasteiger partial charge in [-0.3, -0.25) is 9.89 Å². The van der Waals surface area contributed by atoms with Crippen molar-refractivity contribution in [2.75, 3.05) is 13.2 Å². The van der Waals surface area contributed by atoms with Crippen LogP contribution in [0.3, 0.4) is 0 Å². The fraction of sp³-hybridized carbons (Fsp3) is 0.241. The monoisotopic (exact) mass is 481 g/mol. The van der Waals surface area contributed by atoms with E-state index in [-0.39, 0.29) is 23.8 Å². The van der Waals surface area contributed by atoms with Crippen LogP contribution in [0.2, 0.25) is 0 Å². The molecule has 2 aliphatic heterocycles. The third-order valence-electron chi connectivity index (χ3n) is 6.89. The average Bonchev–Trinajstić information content (AvgIpc) is 3.64. The summed E-state index contributed by atoms with van der Waals surface area (Å²) in [5.41, 5.74) is 4.46. The Labute approximate surface area is 209 Å².